The van der Waals surface area contributed by atoms with E-state index in [0.29, 0.717) is 37.6 Å². The Labute approximate surface area is 146 Å². The molecule has 0 radical (unpaired) electrons. The number of benzene rings is 1. The number of carbonyl (C=O) groups excluding carboxylic acids is 1. The largest absolute Gasteiger partial charge is 0.328 e. The highest BCUT2D eigenvalue weighted by Crippen LogP contribution is 2.20. The van der Waals surface area contributed by atoms with E-state index in [4.69, 9.17) is 5.26 Å². The van der Waals surface area contributed by atoms with Gasteiger partial charge in [0.2, 0.25) is 5.95 Å². The fraction of sp³-hybridized carbons (Fsp3) is 0.333. The van der Waals surface area contributed by atoms with Crippen molar-refractivity contribution in [2.75, 3.05) is 25.5 Å². The fourth-order valence-electron chi connectivity index (χ4n) is 2.71. The molecule has 7 nitrogen and oxygen atoms in total. The van der Waals surface area contributed by atoms with E-state index in [-0.39, 0.29) is 6.03 Å². The van der Waals surface area contributed by atoms with Gasteiger partial charge in [0.1, 0.15) is 0 Å². The predicted octanol–water partition coefficient (Wildman–Crippen LogP) is 2.52. The Morgan fingerprint density at radius 1 is 1.48 bits per heavy atom. The van der Waals surface area contributed by atoms with Crippen LogP contribution in [0.25, 0.3) is 0 Å². The smallest absolute Gasteiger partial charge is 0.320 e. The van der Waals surface area contributed by atoms with Gasteiger partial charge in [-0.15, -0.1) is 0 Å². The molecule has 7 heteroatoms. The molecule has 0 fully saturated rings. The third kappa shape index (κ3) is 3.69. The van der Waals surface area contributed by atoms with Crippen LogP contribution in [0.2, 0.25) is 0 Å². The molecular formula is C18H20N6O. The standard InChI is InChI=1S/C18H20N6O/c1-3-23(2)18(25)24-8-7-16-14(12-24)11-20-17(22-16)21-15-6-4-5-13(9-15)10-19/h4-6,9,11H,3,7-8,12H2,1-2H3,(H,20,21,22). The zero-order valence-electron chi connectivity index (χ0n) is 14.4. The van der Waals surface area contributed by atoms with Crippen LogP contribution in [0, 0.1) is 11.3 Å². The lowest BCUT2D eigenvalue weighted by molar-refractivity contribution is 0.159. The molecule has 1 aromatic heterocycles. The number of amides is 2. The molecule has 0 unspecified atom stereocenters. The monoisotopic (exact) mass is 336 g/mol. The van der Waals surface area contributed by atoms with Gasteiger partial charge < -0.3 is 15.1 Å². The van der Waals surface area contributed by atoms with Gasteiger partial charge in [-0.05, 0) is 25.1 Å². The Hall–Kier alpha value is -3.14. The third-order valence-electron chi connectivity index (χ3n) is 4.25. The van der Waals surface area contributed by atoms with Crippen molar-refractivity contribution in [2.45, 2.75) is 19.9 Å². The molecule has 0 saturated carbocycles. The van der Waals surface area contributed by atoms with Crippen LogP contribution in [-0.2, 0) is 13.0 Å². The molecule has 2 heterocycles. The quantitative estimate of drug-likeness (QED) is 0.931. The second kappa shape index (κ2) is 7.18. The summed E-state index contributed by atoms with van der Waals surface area (Å²) in [7, 11) is 1.80. The number of carbonyl (C=O) groups is 1. The third-order valence-corrected chi connectivity index (χ3v) is 4.25. The van der Waals surface area contributed by atoms with E-state index in [9.17, 15) is 4.79 Å². The van der Waals surface area contributed by atoms with Gasteiger partial charge in [-0.3, -0.25) is 0 Å². The maximum atomic E-state index is 12.3. The van der Waals surface area contributed by atoms with Gasteiger partial charge in [0.25, 0.3) is 0 Å². The first kappa shape index (κ1) is 16.7. The second-order valence-corrected chi connectivity index (χ2v) is 5.95. The number of urea groups is 1. The Morgan fingerprint density at radius 2 is 2.32 bits per heavy atom. The van der Waals surface area contributed by atoms with Crippen LogP contribution in [0.1, 0.15) is 23.7 Å². The van der Waals surface area contributed by atoms with Crippen LogP contribution < -0.4 is 5.32 Å². The molecule has 25 heavy (non-hydrogen) atoms. The number of hydrogen-bond acceptors (Lipinski definition) is 5. The lowest BCUT2D eigenvalue weighted by Gasteiger charge is -2.31. The van der Waals surface area contributed by atoms with Gasteiger partial charge in [-0.25, -0.2) is 14.8 Å². The van der Waals surface area contributed by atoms with Gasteiger partial charge in [-0.2, -0.15) is 5.26 Å². The summed E-state index contributed by atoms with van der Waals surface area (Å²) in [5, 5.41) is 12.1. The minimum absolute atomic E-state index is 0.0312. The van der Waals surface area contributed by atoms with Gasteiger partial charge in [-0.1, -0.05) is 6.07 Å². The number of nitrogens with zero attached hydrogens (tertiary/aromatic N) is 5. The van der Waals surface area contributed by atoms with Crippen LogP contribution in [0.15, 0.2) is 30.5 Å². The lowest BCUT2D eigenvalue weighted by Crippen LogP contribution is -2.43. The molecule has 0 bridgehead atoms. The predicted molar refractivity (Wildman–Crippen MR) is 94.3 cm³/mol. The van der Waals surface area contributed by atoms with E-state index >= 15 is 0 Å². The Balaban J connectivity index is 1.74. The van der Waals surface area contributed by atoms with Crippen molar-refractivity contribution in [3.63, 3.8) is 0 Å². The molecule has 128 valence electrons. The van der Waals surface area contributed by atoms with E-state index in [1.54, 1.807) is 30.3 Å². The first-order valence-electron chi connectivity index (χ1n) is 8.22. The zero-order valence-corrected chi connectivity index (χ0v) is 14.4. The molecular weight excluding hydrogens is 316 g/mol. The molecule has 0 aliphatic carbocycles. The summed E-state index contributed by atoms with van der Waals surface area (Å²) in [6.07, 6.45) is 2.47. The van der Waals surface area contributed by atoms with Gasteiger partial charge >= 0.3 is 6.03 Å². The van der Waals surface area contributed by atoms with E-state index < -0.39 is 0 Å². The first-order valence-corrected chi connectivity index (χ1v) is 8.22. The highest BCUT2D eigenvalue weighted by atomic mass is 16.2. The van der Waals surface area contributed by atoms with Crippen molar-refractivity contribution in [3.8, 4) is 6.07 Å². The van der Waals surface area contributed by atoms with Crippen molar-refractivity contribution < 1.29 is 4.79 Å². The fourth-order valence-corrected chi connectivity index (χ4v) is 2.71. The minimum Gasteiger partial charge on any atom is -0.328 e. The molecule has 2 aromatic rings. The summed E-state index contributed by atoms with van der Waals surface area (Å²) in [5.74, 6) is 0.499. The van der Waals surface area contributed by atoms with Gasteiger partial charge in [0.05, 0.1) is 23.9 Å². The number of nitrogens with one attached hydrogen (secondary N) is 1. The van der Waals surface area contributed by atoms with E-state index in [1.807, 2.05) is 24.0 Å². The molecule has 1 N–H and O–H groups in total. The normalized spacial score (nSPS) is 12.9. The van der Waals surface area contributed by atoms with Crippen LogP contribution in [-0.4, -0.2) is 45.9 Å². The molecule has 1 aromatic carbocycles. The van der Waals surface area contributed by atoms with Gasteiger partial charge in [0, 0.05) is 44.0 Å². The lowest BCUT2D eigenvalue weighted by atomic mass is 10.1. The van der Waals surface area contributed by atoms with Crippen LogP contribution in [0.5, 0.6) is 0 Å². The Bertz CT molecular complexity index is 829. The van der Waals surface area contributed by atoms with Crippen LogP contribution in [0.4, 0.5) is 16.4 Å². The second-order valence-electron chi connectivity index (χ2n) is 5.95. The van der Waals surface area contributed by atoms with Crippen molar-refractivity contribution in [3.05, 3.63) is 47.3 Å². The molecule has 0 spiro atoms. The van der Waals surface area contributed by atoms with Crippen LogP contribution >= 0.6 is 0 Å². The summed E-state index contributed by atoms with van der Waals surface area (Å²) >= 11 is 0. The van der Waals surface area contributed by atoms with E-state index in [1.165, 1.54) is 0 Å². The molecule has 0 saturated heterocycles. The number of hydrogen-bond donors (Lipinski definition) is 1. The summed E-state index contributed by atoms with van der Waals surface area (Å²) in [6, 6.07) is 9.32. The Kier molecular flexibility index (Phi) is 4.80. The number of fused-ring (bicyclic) bond motifs is 1. The van der Waals surface area contributed by atoms with Crippen molar-refractivity contribution >= 4 is 17.7 Å². The average Bonchev–Trinajstić information content (AvgIpc) is 2.66. The maximum absolute atomic E-state index is 12.3. The number of rotatable bonds is 3. The summed E-state index contributed by atoms with van der Waals surface area (Å²) < 4.78 is 0. The average molecular weight is 336 g/mol. The molecule has 0 atom stereocenters. The highest BCUT2D eigenvalue weighted by molar-refractivity contribution is 5.74. The first-order chi connectivity index (χ1) is 12.1. The molecule has 2 amide bonds. The molecule has 3 rings (SSSR count). The summed E-state index contributed by atoms with van der Waals surface area (Å²) in [5.41, 5.74) is 3.28. The SMILES string of the molecule is CCN(C)C(=O)N1CCc2nc(Nc3cccc(C#N)c3)ncc2C1. The zero-order chi connectivity index (χ0) is 17.8. The number of anilines is 2. The number of aromatic nitrogens is 2. The van der Waals surface area contributed by atoms with E-state index in [2.05, 4.69) is 21.4 Å². The molecule has 1 aliphatic rings. The number of nitriles is 1. The maximum Gasteiger partial charge on any atom is 0.320 e. The van der Waals surface area contributed by atoms with E-state index in [0.717, 1.165) is 16.9 Å². The summed E-state index contributed by atoms with van der Waals surface area (Å²) in [4.78, 5) is 24.7. The Morgan fingerprint density at radius 3 is 3.08 bits per heavy atom. The molecule has 1 aliphatic heterocycles. The van der Waals surface area contributed by atoms with Crippen LogP contribution in [0.3, 0.4) is 0 Å². The summed E-state index contributed by atoms with van der Waals surface area (Å²) in [6.45, 7) is 3.82. The topological polar surface area (TPSA) is 85.2 Å². The van der Waals surface area contributed by atoms with Crippen molar-refractivity contribution in [1.29, 1.82) is 5.26 Å². The van der Waals surface area contributed by atoms with Crippen molar-refractivity contribution in [2.24, 2.45) is 0 Å². The highest BCUT2D eigenvalue weighted by Gasteiger charge is 2.24. The minimum atomic E-state index is 0.0312. The van der Waals surface area contributed by atoms with Gasteiger partial charge in [0.15, 0.2) is 0 Å². The van der Waals surface area contributed by atoms with Crippen molar-refractivity contribution in [1.82, 2.24) is 19.8 Å².